The molecule has 0 bridgehead atoms. The molecule has 0 aliphatic heterocycles. The van der Waals surface area contributed by atoms with E-state index in [1.165, 1.54) is 24.3 Å². The van der Waals surface area contributed by atoms with Crippen LogP contribution >= 0.6 is 22.6 Å². The first kappa shape index (κ1) is 22.1. The Morgan fingerprint density at radius 1 is 1.34 bits per heavy atom. The Hall–Kier alpha value is -3.09. The van der Waals surface area contributed by atoms with Crippen molar-refractivity contribution in [1.82, 2.24) is 19.7 Å². The predicted molar refractivity (Wildman–Crippen MR) is 120 cm³/mol. The zero-order valence-electron chi connectivity index (χ0n) is 16.4. The molecule has 1 N–H and O–H groups in total. The number of carbonyl (C=O) groups excluding carboxylic acids is 1. The number of aromatic nitrogens is 4. The minimum absolute atomic E-state index is 0.160. The Balaban J connectivity index is 1.71. The van der Waals surface area contributed by atoms with Crippen LogP contribution in [0.15, 0.2) is 48.2 Å². The summed E-state index contributed by atoms with van der Waals surface area (Å²) < 4.78 is 41.6. The quantitative estimate of drug-likeness (QED) is 0.370. The number of anilines is 1. The smallest absolute Gasteiger partial charge is 0.267 e. The van der Waals surface area contributed by atoms with Crippen molar-refractivity contribution in [3.63, 3.8) is 0 Å². The minimum atomic E-state index is -1.57. The molecule has 1 fully saturated rings. The fraction of sp³-hybridized carbons (Fsp3) is 0.190. The maximum atomic E-state index is 14.5. The number of nitrogens with one attached hydrogen (secondary N) is 1. The number of alkyl halides is 2. The van der Waals surface area contributed by atoms with Crippen molar-refractivity contribution in [2.45, 2.75) is 22.6 Å². The average molecular weight is 553 g/mol. The van der Waals surface area contributed by atoms with Crippen molar-refractivity contribution in [3.8, 4) is 11.1 Å². The topological polar surface area (TPSA) is 89.8 Å². The lowest BCUT2D eigenvalue weighted by molar-refractivity contribution is -0.117. The molecule has 1 aliphatic carbocycles. The maximum absolute atomic E-state index is 14.5. The van der Waals surface area contributed by atoms with Crippen molar-refractivity contribution < 1.29 is 18.0 Å². The summed E-state index contributed by atoms with van der Waals surface area (Å²) in [6.07, 6.45) is 3.55. The molecule has 0 spiro atoms. The monoisotopic (exact) mass is 553 g/mol. The van der Waals surface area contributed by atoms with E-state index in [4.69, 9.17) is 0 Å². The first-order chi connectivity index (χ1) is 15.2. The van der Waals surface area contributed by atoms with Gasteiger partial charge in [-0.1, -0.05) is 12.7 Å². The van der Waals surface area contributed by atoms with Crippen LogP contribution in [0.3, 0.4) is 0 Å². The second-order valence-corrected chi connectivity index (χ2v) is 9.00. The lowest BCUT2D eigenvalue weighted by Gasteiger charge is -2.13. The number of benzene rings is 1. The van der Waals surface area contributed by atoms with E-state index >= 15 is 0 Å². The molecule has 1 aliphatic rings. The minimum Gasteiger partial charge on any atom is -0.307 e. The molecule has 11 heteroatoms. The SMILES string of the molecule is C=Cc1cc(F)cc(-c2cc(=O)n(CC(=O)Nc3ncncc3F)nc2C2CC2(F)I)c1. The summed E-state index contributed by atoms with van der Waals surface area (Å²) in [6.45, 7) is 3.06. The first-order valence-corrected chi connectivity index (χ1v) is 10.4. The van der Waals surface area contributed by atoms with Gasteiger partial charge >= 0.3 is 0 Å². The fourth-order valence-electron chi connectivity index (χ4n) is 3.21. The van der Waals surface area contributed by atoms with Gasteiger partial charge in [-0.15, -0.1) is 0 Å². The summed E-state index contributed by atoms with van der Waals surface area (Å²) in [6, 6.07) is 5.29. The van der Waals surface area contributed by atoms with Gasteiger partial charge in [0.15, 0.2) is 15.3 Å². The lowest BCUT2D eigenvalue weighted by Crippen LogP contribution is -2.31. The highest BCUT2D eigenvalue weighted by Crippen LogP contribution is 2.60. The van der Waals surface area contributed by atoms with Gasteiger partial charge in [-0.2, -0.15) is 5.10 Å². The first-order valence-electron chi connectivity index (χ1n) is 9.36. The third-order valence-corrected chi connectivity index (χ3v) is 6.06. The average Bonchev–Trinajstić information content (AvgIpc) is 3.38. The van der Waals surface area contributed by atoms with E-state index in [1.54, 1.807) is 28.7 Å². The fourth-order valence-corrected chi connectivity index (χ4v) is 3.95. The van der Waals surface area contributed by atoms with Gasteiger partial charge in [-0.3, -0.25) is 9.59 Å². The largest absolute Gasteiger partial charge is 0.307 e. The molecule has 4 rings (SSSR count). The Bertz CT molecular complexity index is 1290. The highest BCUT2D eigenvalue weighted by atomic mass is 127. The van der Waals surface area contributed by atoms with Gasteiger partial charge < -0.3 is 5.32 Å². The predicted octanol–water partition coefficient (Wildman–Crippen LogP) is 3.85. The van der Waals surface area contributed by atoms with E-state index in [2.05, 4.69) is 27.0 Å². The molecule has 2 atom stereocenters. The van der Waals surface area contributed by atoms with Gasteiger partial charge in [0.05, 0.1) is 17.8 Å². The summed E-state index contributed by atoms with van der Waals surface area (Å²) in [7, 11) is 0. The van der Waals surface area contributed by atoms with Crippen LogP contribution in [0.25, 0.3) is 17.2 Å². The summed E-state index contributed by atoms with van der Waals surface area (Å²) in [5.74, 6) is -3.12. The van der Waals surface area contributed by atoms with E-state index < -0.39 is 39.2 Å². The van der Waals surface area contributed by atoms with Crippen molar-refractivity contribution in [3.05, 3.63) is 76.6 Å². The van der Waals surface area contributed by atoms with E-state index in [1.807, 2.05) is 0 Å². The number of rotatable bonds is 6. The molecular formula is C21H15F3IN5O2. The van der Waals surface area contributed by atoms with Crippen molar-refractivity contribution in [2.75, 3.05) is 5.32 Å². The number of hydrogen-bond donors (Lipinski definition) is 1. The van der Waals surface area contributed by atoms with Gasteiger partial charge in [0.2, 0.25) is 5.91 Å². The Kier molecular flexibility index (Phi) is 5.84. The molecule has 0 radical (unpaired) electrons. The number of carbonyl (C=O) groups is 1. The van der Waals surface area contributed by atoms with Crippen LogP contribution in [0, 0.1) is 11.6 Å². The van der Waals surface area contributed by atoms with Crippen LogP contribution in [0.2, 0.25) is 0 Å². The van der Waals surface area contributed by atoms with Gasteiger partial charge in [0, 0.05) is 18.1 Å². The molecule has 32 heavy (non-hydrogen) atoms. The Labute approximate surface area is 193 Å². The number of amides is 1. The van der Waals surface area contributed by atoms with Crippen LogP contribution in [-0.4, -0.2) is 29.3 Å². The third kappa shape index (κ3) is 4.56. The van der Waals surface area contributed by atoms with E-state index in [0.717, 1.165) is 17.2 Å². The van der Waals surface area contributed by atoms with Crippen molar-refractivity contribution in [1.29, 1.82) is 0 Å². The van der Waals surface area contributed by atoms with Crippen LogP contribution in [0.1, 0.15) is 23.6 Å². The van der Waals surface area contributed by atoms with Crippen LogP contribution in [-0.2, 0) is 11.3 Å². The summed E-state index contributed by atoms with van der Waals surface area (Å²) in [5, 5.41) is 6.45. The highest BCUT2D eigenvalue weighted by Gasteiger charge is 2.56. The summed E-state index contributed by atoms with van der Waals surface area (Å²) in [4.78, 5) is 32.1. The van der Waals surface area contributed by atoms with E-state index in [-0.39, 0.29) is 23.5 Å². The van der Waals surface area contributed by atoms with Gasteiger partial charge in [-0.25, -0.2) is 27.8 Å². The molecular weight excluding hydrogens is 538 g/mol. The second-order valence-electron chi connectivity index (χ2n) is 7.20. The van der Waals surface area contributed by atoms with Crippen LogP contribution in [0.5, 0.6) is 0 Å². The third-order valence-electron chi connectivity index (χ3n) is 4.87. The normalized spacial score (nSPS) is 19.4. The Morgan fingerprint density at radius 3 is 2.75 bits per heavy atom. The zero-order chi connectivity index (χ0) is 23.0. The highest BCUT2D eigenvalue weighted by molar-refractivity contribution is 14.1. The molecule has 7 nitrogen and oxygen atoms in total. The standard InChI is InChI=1S/C21H15F3IN5O2/c1-2-11-3-12(5-13(22)4-11)14-6-18(32)30(29-19(14)15-7-21(15,24)25)9-17(31)28-20-16(23)8-26-10-27-20/h2-6,8,10,15H,1,7,9H2,(H,26,27,28,31). The molecule has 2 heterocycles. The van der Waals surface area contributed by atoms with E-state index in [9.17, 15) is 22.8 Å². The molecule has 164 valence electrons. The zero-order valence-corrected chi connectivity index (χ0v) is 18.5. The number of nitrogens with zero attached hydrogens (tertiary/aromatic N) is 4. The lowest BCUT2D eigenvalue weighted by atomic mass is 10.00. The molecule has 0 saturated heterocycles. The van der Waals surface area contributed by atoms with Crippen molar-refractivity contribution in [2.24, 2.45) is 0 Å². The Morgan fingerprint density at radius 2 is 2.09 bits per heavy atom. The summed E-state index contributed by atoms with van der Waals surface area (Å²) in [5.41, 5.74) is 0.668. The van der Waals surface area contributed by atoms with Gasteiger partial charge in [0.25, 0.3) is 5.56 Å². The molecule has 1 aromatic carbocycles. The molecule has 3 aromatic rings. The van der Waals surface area contributed by atoms with Crippen LogP contribution in [0.4, 0.5) is 19.0 Å². The maximum Gasteiger partial charge on any atom is 0.267 e. The molecule has 1 amide bonds. The molecule has 2 aromatic heterocycles. The summed E-state index contributed by atoms with van der Waals surface area (Å²) >= 11 is 1.66. The number of hydrogen-bond acceptors (Lipinski definition) is 5. The van der Waals surface area contributed by atoms with Gasteiger partial charge in [0.1, 0.15) is 18.7 Å². The van der Waals surface area contributed by atoms with Gasteiger partial charge in [-0.05, 0) is 51.9 Å². The van der Waals surface area contributed by atoms with Crippen LogP contribution < -0.4 is 10.9 Å². The van der Waals surface area contributed by atoms with E-state index in [0.29, 0.717) is 11.1 Å². The second kappa shape index (κ2) is 8.45. The number of halogens is 4. The van der Waals surface area contributed by atoms with Crippen molar-refractivity contribution >= 4 is 40.4 Å². The molecule has 1 saturated carbocycles. The molecule has 2 unspecified atom stereocenters.